The second-order valence-corrected chi connectivity index (χ2v) is 1.21. The standard InChI is InChI=1S/C4H3NO3.Pb/c6-5(7)4-2-1-3-8-4;/h1-3H;. The number of hydrogen-bond donors (Lipinski definition) is 0. The Labute approximate surface area is 71.2 Å². The molecule has 4 radical (unpaired) electrons. The van der Waals surface area contributed by atoms with Gasteiger partial charge in [0.15, 0.2) is 0 Å². The van der Waals surface area contributed by atoms with E-state index in [2.05, 4.69) is 4.42 Å². The first kappa shape index (κ1) is 8.60. The van der Waals surface area contributed by atoms with Gasteiger partial charge in [0.1, 0.15) is 4.92 Å². The zero-order valence-corrected chi connectivity index (χ0v) is 8.29. The van der Waals surface area contributed by atoms with Gasteiger partial charge in [0.05, 0.1) is 12.3 Å². The molecule has 1 aromatic heterocycles. The summed E-state index contributed by atoms with van der Waals surface area (Å²) in [5.74, 6) is -0.218. The third-order valence-electron chi connectivity index (χ3n) is 0.686. The Bertz CT molecular complexity index is 184. The van der Waals surface area contributed by atoms with E-state index in [0.29, 0.717) is 0 Å². The third-order valence-corrected chi connectivity index (χ3v) is 0.686. The Hall–Kier alpha value is -0.398. The van der Waals surface area contributed by atoms with E-state index < -0.39 is 4.92 Å². The Balaban J connectivity index is 0.000000640. The van der Waals surface area contributed by atoms with E-state index >= 15 is 0 Å². The molecule has 0 N–H and O–H groups in total. The van der Waals surface area contributed by atoms with Crippen LogP contribution in [0.2, 0.25) is 0 Å². The van der Waals surface area contributed by atoms with Gasteiger partial charge in [-0.2, -0.15) is 0 Å². The van der Waals surface area contributed by atoms with Gasteiger partial charge in [0.2, 0.25) is 0 Å². The van der Waals surface area contributed by atoms with Crippen LogP contribution in [-0.4, -0.2) is 32.2 Å². The minimum absolute atomic E-state index is 0. The molecule has 1 aromatic rings. The zero-order valence-electron chi connectivity index (χ0n) is 4.40. The molecule has 0 saturated carbocycles. The SMILES string of the molecule is O=[N+]([O-])c1ccco1.[Pb]. The minimum Gasteiger partial charge on any atom is -0.409 e. The van der Waals surface area contributed by atoms with Crippen LogP contribution in [-0.2, 0) is 0 Å². The molecule has 0 aliphatic carbocycles. The second kappa shape index (κ2) is 3.59. The van der Waals surface area contributed by atoms with Crippen molar-refractivity contribution in [3.05, 3.63) is 28.5 Å². The topological polar surface area (TPSA) is 56.3 Å². The van der Waals surface area contributed by atoms with E-state index in [1.165, 1.54) is 18.4 Å². The molecule has 9 heavy (non-hydrogen) atoms. The summed E-state index contributed by atoms with van der Waals surface area (Å²) in [5.41, 5.74) is 0. The van der Waals surface area contributed by atoms with E-state index in [1.807, 2.05) is 0 Å². The molecule has 0 bridgehead atoms. The largest absolute Gasteiger partial charge is 0.432 e. The summed E-state index contributed by atoms with van der Waals surface area (Å²) >= 11 is 0. The molecule has 0 fully saturated rings. The normalized spacial score (nSPS) is 8.00. The maximum atomic E-state index is 9.77. The van der Waals surface area contributed by atoms with Crippen molar-refractivity contribution in [2.75, 3.05) is 0 Å². The van der Waals surface area contributed by atoms with Crippen molar-refractivity contribution in [2.45, 2.75) is 0 Å². The molecular weight excluding hydrogens is 317 g/mol. The second-order valence-electron chi connectivity index (χ2n) is 1.21. The van der Waals surface area contributed by atoms with Crippen molar-refractivity contribution >= 4 is 33.2 Å². The van der Waals surface area contributed by atoms with E-state index in [0.717, 1.165) is 0 Å². The Morgan fingerprint density at radius 3 is 2.56 bits per heavy atom. The maximum Gasteiger partial charge on any atom is 0.432 e. The van der Waals surface area contributed by atoms with Crippen LogP contribution in [0.3, 0.4) is 0 Å². The van der Waals surface area contributed by atoms with Gasteiger partial charge < -0.3 is 4.42 Å². The Morgan fingerprint density at radius 1 is 1.67 bits per heavy atom. The average Bonchev–Trinajstić information content (AvgIpc) is 2.12. The monoisotopic (exact) mass is 321 g/mol. The van der Waals surface area contributed by atoms with E-state index in [1.54, 1.807) is 0 Å². The van der Waals surface area contributed by atoms with Gasteiger partial charge in [0, 0.05) is 27.3 Å². The summed E-state index contributed by atoms with van der Waals surface area (Å²) in [5, 5.41) is 9.77. The molecule has 4 nitrogen and oxygen atoms in total. The van der Waals surface area contributed by atoms with Crippen molar-refractivity contribution in [1.82, 2.24) is 0 Å². The van der Waals surface area contributed by atoms with Gasteiger partial charge >= 0.3 is 5.88 Å². The van der Waals surface area contributed by atoms with Crippen molar-refractivity contribution in [2.24, 2.45) is 0 Å². The van der Waals surface area contributed by atoms with Crippen LogP contribution in [0.4, 0.5) is 5.88 Å². The molecule has 0 aliphatic heterocycles. The molecule has 46 valence electrons. The van der Waals surface area contributed by atoms with Gasteiger partial charge in [-0.25, -0.2) is 0 Å². The van der Waals surface area contributed by atoms with E-state index in [9.17, 15) is 10.1 Å². The fourth-order valence-corrected chi connectivity index (χ4v) is 0.374. The predicted octanol–water partition coefficient (Wildman–Crippen LogP) is 0.807. The number of furan rings is 1. The molecule has 0 unspecified atom stereocenters. The molecule has 0 saturated heterocycles. The summed E-state index contributed by atoms with van der Waals surface area (Å²) in [7, 11) is 0. The zero-order chi connectivity index (χ0) is 5.98. The van der Waals surface area contributed by atoms with Crippen LogP contribution in [0, 0.1) is 10.1 Å². The molecule has 1 rings (SSSR count). The number of rotatable bonds is 1. The average molecular weight is 320 g/mol. The van der Waals surface area contributed by atoms with Gasteiger partial charge in [-0.1, -0.05) is 0 Å². The first-order chi connectivity index (χ1) is 3.80. The van der Waals surface area contributed by atoms with Crippen LogP contribution in [0.1, 0.15) is 0 Å². The molecule has 1 heterocycles. The summed E-state index contributed by atoms with van der Waals surface area (Å²) in [6, 6.07) is 2.76. The quantitative estimate of drug-likeness (QED) is 0.437. The molecule has 0 aromatic carbocycles. The van der Waals surface area contributed by atoms with E-state index in [4.69, 9.17) is 0 Å². The Morgan fingerprint density at radius 2 is 2.33 bits per heavy atom. The van der Waals surface area contributed by atoms with E-state index in [-0.39, 0.29) is 33.2 Å². The number of nitro groups is 1. The van der Waals surface area contributed by atoms with Gasteiger partial charge in [-0.3, -0.25) is 10.1 Å². The van der Waals surface area contributed by atoms with Gasteiger partial charge in [0.25, 0.3) is 0 Å². The number of nitrogens with zero attached hydrogens (tertiary/aromatic N) is 1. The molecule has 0 spiro atoms. The molecule has 0 atom stereocenters. The van der Waals surface area contributed by atoms with Crippen molar-refractivity contribution in [3.63, 3.8) is 0 Å². The summed E-state index contributed by atoms with van der Waals surface area (Å²) in [4.78, 5) is 9.19. The fraction of sp³-hybridized carbons (Fsp3) is 0. The molecule has 0 amide bonds. The van der Waals surface area contributed by atoms with Crippen molar-refractivity contribution in [1.29, 1.82) is 0 Å². The van der Waals surface area contributed by atoms with Crippen LogP contribution in [0.5, 0.6) is 0 Å². The Kier molecular flexibility index (Phi) is 3.43. The smallest absolute Gasteiger partial charge is 0.409 e. The third kappa shape index (κ3) is 2.12. The maximum absolute atomic E-state index is 9.77. The van der Waals surface area contributed by atoms with Crippen LogP contribution in [0.15, 0.2) is 22.8 Å². The molecular formula is C4H3NO3Pb. The molecule has 0 aliphatic rings. The summed E-state index contributed by atoms with van der Waals surface area (Å²) < 4.78 is 4.40. The van der Waals surface area contributed by atoms with Gasteiger partial charge in [-0.05, 0) is 6.07 Å². The first-order valence-corrected chi connectivity index (χ1v) is 1.98. The van der Waals surface area contributed by atoms with Crippen LogP contribution in [0.25, 0.3) is 0 Å². The summed E-state index contributed by atoms with van der Waals surface area (Å²) in [6.45, 7) is 0. The number of hydrogen-bond acceptors (Lipinski definition) is 3. The van der Waals surface area contributed by atoms with Gasteiger partial charge in [-0.15, -0.1) is 0 Å². The van der Waals surface area contributed by atoms with Crippen LogP contribution >= 0.6 is 0 Å². The summed E-state index contributed by atoms with van der Waals surface area (Å²) in [6.07, 6.45) is 1.26. The van der Waals surface area contributed by atoms with Crippen LogP contribution < -0.4 is 0 Å². The first-order valence-electron chi connectivity index (χ1n) is 1.98. The predicted molar refractivity (Wildman–Crippen MR) is 31.1 cm³/mol. The van der Waals surface area contributed by atoms with Crippen molar-refractivity contribution < 1.29 is 9.34 Å². The van der Waals surface area contributed by atoms with Crippen molar-refractivity contribution in [3.8, 4) is 0 Å². The molecule has 5 heteroatoms. The minimum atomic E-state index is -0.583. The fourth-order valence-electron chi connectivity index (χ4n) is 0.374.